The molecule has 0 aromatic heterocycles. The Morgan fingerprint density at radius 2 is 1.95 bits per heavy atom. The van der Waals surface area contributed by atoms with Crippen molar-refractivity contribution in [3.05, 3.63) is 64.2 Å². The van der Waals surface area contributed by atoms with E-state index in [0.29, 0.717) is 10.8 Å². The number of aryl methyl sites for hydroxylation is 2. The molecular formula is C17H17ClO3. The molecule has 0 saturated heterocycles. The molecule has 0 amide bonds. The van der Waals surface area contributed by atoms with E-state index in [-0.39, 0.29) is 6.42 Å². The monoisotopic (exact) mass is 304 g/mol. The molecule has 0 bridgehead atoms. The van der Waals surface area contributed by atoms with Crippen LogP contribution in [0.1, 0.15) is 16.7 Å². The summed E-state index contributed by atoms with van der Waals surface area (Å²) in [6.45, 7) is 3.97. The van der Waals surface area contributed by atoms with E-state index >= 15 is 0 Å². The van der Waals surface area contributed by atoms with Crippen LogP contribution < -0.4 is 4.74 Å². The van der Waals surface area contributed by atoms with Crippen molar-refractivity contribution in [2.75, 3.05) is 0 Å². The molecule has 0 unspecified atom stereocenters. The second-order valence-corrected chi connectivity index (χ2v) is 5.46. The van der Waals surface area contributed by atoms with Crippen LogP contribution in [-0.2, 0) is 11.2 Å². The predicted molar refractivity (Wildman–Crippen MR) is 83.1 cm³/mol. The molecule has 21 heavy (non-hydrogen) atoms. The lowest BCUT2D eigenvalue weighted by molar-refractivity contribution is -0.145. The lowest BCUT2D eigenvalue weighted by atomic mass is 10.1. The van der Waals surface area contributed by atoms with E-state index in [9.17, 15) is 9.90 Å². The SMILES string of the molecule is Cc1ccc(O[C@@H](Cc2cccc(Cl)c2)C(=O)O)cc1C. The van der Waals surface area contributed by atoms with Crippen LogP contribution in [0.3, 0.4) is 0 Å². The van der Waals surface area contributed by atoms with Gasteiger partial charge in [0.05, 0.1) is 0 Å². The van der Waals surface area contributed by atoms with Crippen molar-refractivity contribution in [3.8, 4) is 5.75 Å². The van der Waals surface area contributed by atoms with E-state index < -0.39 is 12.1 Å². The summed E-state index contributed by atoms with van der Waals surface area (Å²) in [4.78, 5) is 11.4. The van der Waals surface area contributed by atoms with Crippen molar-refractivity contribution in [1.29, 1.82) is 0 Å². The fraction of sp³-hybridized carbons (Fsp3) is 0.235. The fourth-order valence-electron chi connectivity index (χ4n) is 2.01. The fourth-order valence-corrected chi connectivity index (χ4v) is 2.22. The molecule has 0 radical (unpaired) electrons. The summed E-state index contributed by atoms with van der Waals surface area (Å²) in [5.74, 6) is -0.430. The first-order valence-electron chi connectivity index (χ1n) is 6.67. The summed E-state index contributed by atoms with van der Waals surface area (Å²) in [6.07, 6.45) is -0.673. The van der Waals surface area contributed by atoms with Crippen molar-refractivity contribution < 1.29 is 14.6 Å². The summed E-state index contributed by atoms with van der Waals surface area (Å²) in [6, 6.07) is 12.7. The quantitative estimate of drug-likeness (QED) is 0.907. The Kier molecular flexibility index (Phi) is 4.86. The van der Waals surface area contributed by atoms with Crippen LogP contribution in [0.2, 0.25) is 5.02 Å². The third kappa shape index (κ3) is 4.23. The van der Waals surface area contributed by atoms with Gasteiger partial charge in [-0.1, -0.05) is 29.8 Å². The molecule has 3 nitrogen and oxygen atoms in total. The van der Waals surface area contributed by atoms with Crippen molar-refractivity contribution in [3.63, 3.8) is 0 Å². The number of hydrogen-bond donors (Lipinski definition) is 1. The molecule has 2 rings (SSSR count). The smallest absolute Gasteiger partial charge is 0.345 e. The highest BCUT2D eigenvalue weighted by Crippen LogP contribution is 2.20. The highest BCUT2D eigenvalue weighted by molar-refractivity contribution is 6.30. The van der Waals surface area contributed by atoms with Gasteiger partial charge in [-0.15, -0.1) is 0 Å². The van der Waals surface area contributed by atoms with Gasteiger partial charge in [-0.2, -0.15) is 0 Å². The van der Waals surface area contributed by atoms with Crippen LogP contribution in [0.15, 0.2) is 42.5 Å². The van der Waals surface area contributed by atoms with Crippen molar-refractivity contribution in [2.45, 2.75) is 26.4 Å². The number of carbonyl (C=O) groups is 1. The molecule has 2 aromatic carbocycles. The van der Waals surface area contributed by atoms with E-state index in [1.807, 2.05) is 32.0 Å². The average molecular weight is 305 g/mol. The Morgan fingerprint density at radius 1 is 1.19 bits per heavy atom. The van der Waals surface area contributed by atoms with Gasteiger partial charge in [0.15, 0.2) is 6.10 Å². The molecule has 0 saturated carbocycles. The molecular weight excluding hydrogens is 288 g/mol. The zero-order valence-electron chi connectivity index (χ0n) is 12.0. The third-order valence-corrected chi connectivity index (χ3v) is 3.58. The summed E-state index contributed by atoms with van der Waals surface area (Å²) in [5.41, 5.74) is 3.04. The number of aliphatic carboxylic acids is 1. The van der Waals surface area contributed by atoms with E-state index in [1.165, 1.54) is 0 Å². The van der Waals surface area contributed by atoms with E-state index in [1.54, 1.807) is 24.3 Å². The predicted octanol–water partition coefficient (Wildman–Crippen LogP) is 4.03. The summed E-state index contributed by atoms with van der Waals surface area (Å²) >= 11 is 5.92. The molecule has 1 N–H and O–H groups in total. The van der Waals surface area contributed by atoms with Crippen LogP contribution in [0.5, 0.6) is 5.75 Å². The Bertz CT molecular complexity index is 652. The normalized spacial score (nSPS) is 12.0. The number of carboxylic acids is 1. The van der Waals surface area contributed by atoms with E-state index in [4.69, 9.17) is 16.3 Å². The molecule has 110 valence electrons. The first kappa shape index (κ1) is 15.4. The summed E-state index contributed by atoms with van der Waals surface area (Å²) in [7, 11) is 0. The molecule has 0 aliphatic carbocycles. The minimum Gasteiger partial charge on any atom is -0.478 e. The molecule has 0 spiro atoms. The average Bonchev–Trinajstić information content (AvgIpc) is 2.42. The zero-order valence-corrected chi connectivity index (χ0v) is 12.7. The Hall–Kier alpha value is -2.00. The maximum atomic E-state index is 11.4. The maximum absolute atomic E-state index is 11.4. The lowest BCUT2D eigenvalue weighted by Gasteiger charge is -2.16. The second-order valence-electron chi connectivity index (χ2n) is 5.02. The van der Waals surface area contributed by atoms with Gasteiger partial charge in [-0.05, 0) is 54.8 Å². The maximum Gasteiger partial charge on any atom is 0.345 e. The topological polar surface area (TPSA) is 46.5 Å². The minimum absolute atomic E-state index is 0.267. The van der Waals surface area contributed by atoms with Crippen LogP contribution in [0, 0.1) is 13.8 Å². The van der Waals surface area contributed by atoms with Gasteiger partial charge in [-0.3, -0.25) is 0 Å². The van der Waals surface area contributed by atoms with E-state index in [0.717, 1.165) is 16.7 Å². The second kappa shape index (κ2) is 6.64. The molecule has 2 aromatic rings. The van der Waals surface area contributed by atoms with Gasteiger partial charge in [-0.25, -0.2) is 4.79 Å². The number of hydrogen-bond acceptors (Lipinski definition) is 2. The van der Waals surface area contributed by atoms with Crippen molar-refractivity contribution in [1.82, 2.24) is 0 Å². The zero-order chi connectivity index (χ0) is 15.4. The molecule has 4 heteroatoms. The van der Waals surface area contributed by atoms with E-state index in [2.05, 4.69) is 0 Å². The first-order chi connectivity index (χ1) is 9.95. The highest BCUT2D eigenvalue weighted by Gasteiger charge is 2.20. The molecule has 0 heterocycles. The molecule has 0 aliphatic rings. The summed E-state index contributed by atoms with van der Waals surface area (Å²) in [5, 5.41) is 9.92. The Labute approximate surface area is 129 Å². The van der Waals surface area contributed by atoms with Crippen LogP contribution in [0.25, 0.3) is 0 Å². The van der Waals surface area contributed by atoms with Gasteiger partial charge in [0.1, 0.15) is 5.75 Å². The number of carboxylic acid groups (broad SMARTS) is 1. The number of ether oxygens (including phenoxy) is 1. The lowest BCUT2D eigenvalue weighted by Crippen LogP contribution is -2.29. The number of benzene rings is 2. The molecule has 0 aliphatic heterocycles. The summed E-state index contributed by atoms with van der Waals surface area (Å²) < 4.78 is 5.61. The number of rotatable bonds is 5. The molecule has 1 atom stereocenters. The third-order valence-electron chi connectivity index (χ3n) is 3.34. The van der Waals surface area contributed by atoms with Gasteiger partial charge >= 0.3 is 5.97 Å². The standard InChI is InChI=1S/C17H17ClO3/c1-11-6-7-15(8-12(11)2)21-16(17(19)20)10-13-4-3-5-14(18)9-13/h3-9,16H,10H2,1-2H3,(H,19,20)/t16-/m0/s1. The largest absolute Gasteiger partial charge is 0.478 e. The molecule has 0 fully saturated rings. The first-order valence-corrected chi connectivity index (χ1v) is 7.04. The van der Waals surface area contributed by atoms with Gasteiger partial charge in [0.25, 0.3) is 0 Å². The minimum atomic E-state index is -0.992. The Morgan fingerprint density at radius 3 is 2.57 bits per heavy atom. The van der Waals surface area contributed by atoms with Crippen molar-refractivity contribution in [2.24, 2.45) is 0 Å². The van der Waals surface area contributed by atoms with Crippen molar-refractivity contribution >= 4 is 17.6 Å². The van der Waals surface area contributed by atoms with Gasteiger partial charge < -0.3 is 9.84 Å². The van der Waals surface area contributed by atoms with Crippen LogP contribution >= 0.6 is 11.6 Å². The van der Waals surface area contributed by atoms with Crippen LogP contribution in [0.4, 0.5) is 0 Å². The van der Waals surface area contributed by atoms with Crippen LogP contribution in [-0.4, -0.2) is 17.2 Å². The highest BCUT2D eigenvalue weighted by atomic mass is 35.5. The Balaban J connectivity index is 2.15. The number of halogens is 1. The van der Waals surface area contributed by atoms with Gasteiger partial charge in [0, 0.05) is 11.4 Å². The van der Waals surface area contributed by atoms with Gasteiger partial charge in [0.2, 0.25) is 0 Å².